The molecule has 0 aromatic heterocycles. The summed E-state index contributed by atoms with van der Waals surface area (Å²) in [5, 5.41) is 11.0. The monoisotopic (exact) mass is 378 g/mol. The van der Waals surface area contributed by atoms with Gasteiger partial charge in [0.1, 0.15) is 5.71 Å². The van der Waals surface area contributed by atoms with E-state index in [1.807, 2.05) is 32.0 Å². The van der Waals surface area contributed by atoms with Crippen LogP contribution in [0.2, 0.25) is 0 Å². The predicted molar refractivity (Wildman–Crippen MR) is 108 cm³/mol. The highest BCUT2D eigenvalue weighted by atomic mass is 16.2. The fourth-order valence-electron chi connectivity index (χ4n) is 2.88. The lowest BCUT2D eigenvalue weighted by molar-refractivity contribution is -0.118. The van der Waals surface area contributed by atoms with E-state index in [0.29, 0.717) is 23.5 Å². The van der Waals surface area contributed by atoms with Crippen molar-refractivity contribution in [2.24, 2.45) is 5.10 Å². The molecular formula is C21H22N4O3. The SMILES string of the molecule is CCNC(=O)c1cccc(NC(=O)C2=NN(c3cccc(C)c3)C(=O)CC2)c1. The van der Waals surface area contributed by atoms with Gasteiger partial charge in [-0.3, -0.25) is 14.4 Å². The Kier molecular flexibility index (Phi) is 5.84. The van der Waals surface area contributed by atoms with Crippen molar-refractivity contribution < 1.29 is 14.4 Å². The van der Waals surface area contributed by atoms with Crippen molar-refractivity contribution in [3.05, 3.63) is 59.7 Å². The molecule has 3 amide bonds. The Balaban J connectivity index is 1.78. The van der Waals surface area contributed by atoms with Crippen LogP contribution in [0, 0.1) is 6.92 Å². The third-order valence-electron chi connectivity index (χ3n) is 4.26. The number of carbonyl (C=O) groups is 3. The summed E-state index contributed by atoms with van der Waals surface area (Å²) in [7, 11) is 0. The zero-order valence-electron chi connectivity index (χ0n) is 15.9. The number of benzene rings is 2. The minimum absolute atomic E-state index is 0.152. The molecule has 2 N–H and O–H groups in total. The molecule has 7 nitrogen and oxygen atoms in total. The van der Waals surface area contributed by atoms with Crippen LogP contribution in [0.3, 0.4) is 0 Å². The smallest absolute Gasteiger partial charge is 0.271 e. The molecule has 1 heterocycles. The van der Waals surface area contributed by atoms with Gasteiger partial charge in [-0.2, -0.15) is 5.10 Å². The summed E-state index contributed by atoms with van der Waals surface area (Å²) in [5.41, 5.74) is 2.86. The number of rotatable bonds is 5. The van der Waals surface area contributed by atoms with Crippen LogP contribution in [0.15, 0.2) is 53.6 Å². The third-order valence-corrected chi connectivity index (χ3v) is 4.26. The molecule has 3 rings (SSSR count). The van der Waals surface area contributed by atoms with E-state index in [1.165, 1.54) is 5.01 Å². The van der Waals surface area contributed by atoms with Gasteiger partial charge >= 0.3 is 0 Å². The first kappa shape index (κ1) is 19.3. The molecule has 0 spiro atoms. The van der Waals surface area contributed by atoms with Crippen molar-refractivity contribution in [3.63, 3.8) is 0 Å². The topological polar surface area (TPSA) is 90.9 Å². The van der Waals surface area contributed by atoms with E-state index in [0.717, 1.165) is 5.56 Å². The fraction of sp³-hybridized carbons (Fsp3) is 0.238. The van der Waals surface area contributed by atoms with Gasteiger partial charge in [0.2, 0.25) is 5.91 Å². The van der Waals surface area contributed by atoms with Crippen molar-refractivity contribution in [3.8, 4) is 0 Å². The van der Waals surface area contributed by atoms with Crippen LogP contribution < -0.4 is 15.6 Å². The first-order valence-electron chi connectivity index (χ1n) is 9.14. The number of aryl methyl sites for hydroxylation is 1. The zero-order valence-corrected chi connectivity index (χ0v) is 15.9. The standard InChI is InChI=1S/C21H22N4O3/c1-3-22-20(27)15-7-5-8-16(13-15)23-21(28)18-10-11-19(26)25(24-18)17-9-4-6-14(2)12-17/h4-9,12-13H,3,10-11H2,1-2H3,(H,22,27)(H,23,28). The van der Waals surface area contributed by atoms with Crippen molar-refractivity contribution in [2.45, 2.75) is 26.7 Å². The van der Waals surface area contributed by atoms with E-state index in [4.69, 9.17) is 0 Å². The first-order valence-corrected chi connectivity index (χ1v) is 9.14. The number of nitrogens with one attached hydrogen (secondary N) is 2. The van der Waals surface area contributed by atoms with Crippen LogP contribution in [0.1, 0.15) is 35.7 Å². The molecule has 0 saturated heterocycles. The molecule has 0 fully saturated rings. The normalized spacial score (nSPS) is 13.7. The van der Waals surface area contributed by atoms with Crippen LogP contribution in [0.25, 0.3) is 0 Å². The highest BCUT2D eigenvalue weighted by molar-refractivity contribution is 6.44. The maximum Gasteiger partial charge on any atom is 0.271 e. The summed E-state index contributed by atoms with van der Waals surface area (Å²) in [6.07, 6.45) is 0.474. The number of hydrogen-bond acceptors (Lipinski definition) is 4. The number of amides is 3. The van der Waals surface area contributed by atoms with Crippen LogP contribution >= 0.6 is 0 Å². The Hall–Kier alpha value is -3.48. The van der Waals surface area contributed by atoms with Gasteiger partial charge in [-0.05, 0) is 49.7 Å². The molecule has 0 unspecified atom stereocenters. The maximum absolute atomic E-state index is 12.6. The van der Waals surface area contributed by atoms with Gasteiger partial charge in [-0.1, -0.05) is 18.2 Å². The minimum atomic E-state index is -0.391. The third kappa shape index (κ3) is 4.43. The van der Waals surface area contributed by atoms with Crippen molar-refractivity contribution in [1.29, 1.82) is 0 Å². The Labute approximate surface area is 163 Å². The molecule has 28 heavy (non-hydrogen) atoms. The van der Waals surface area contributed by atoms with E-state index in [-0.39, 0.29) is 30.4 Å². The van der Waals surface area contributed by atoms with Gasteiger partial charge in [0, 0.05) is 30.6 Å². The molecule has 2 aromatic rings. The Morgan fingerprint density at radius 2 is 1.86 bits per heavy atom. The van der Waals surface area contributed by atoms with E-state index >= 15 is 0 Å². The number of carbonyl (C=O) groups excluding carboxylic acids is 3. The predicted octanol–water partition coefficient (Wildman–Crippen LogP) is 2.87. The van der Waals surface area contributed by atoms with Crippen molar-refractivity contribution >= 4 is 34.8 Å². The molecule has 1 aliphatic heterocycles. The highest BCUT2D eigenvalue weighted by Gasteiger charge is 2.25. The Morgan fingerprint density at radius 1 is 1.07 bits per heavy atom. The average Bonchev–Trinajstić information content (AvgIpc) is 2.68. The van der Waals surface area contributed by atoms with Gasteiger partial charge in [0.25, 0.3) is 11.8 Å². The van der Waals surface area contributed by atoms with Crippen LogP contribution in [0.4, 0.5) is 11.4 Å². The molecule has 0 saturated carbocycles. The van der Waals surface area contributed by atoms with Gasteiger partial charge in [-0.25, -0.2) is 5.01 Å². The van der Waals surface area contributed by atoms with Crippen LogP contribution in [0.5, 0.6) is 0 Å². The highest BCUT2D eigenvalue weighted by Crippen LogP contribution is 2.22. The van der Waals surface area contributed by atoms with Gasteiger partial charge < -0.3 is 10.6 Å². The lowest BCUT2D eigenvalue weighted by atomic mass is 10.1. The summed E-state index contributed by atoms with van der Waals surface area (Å²) in [6.45, 7) is 4.29. The van der Waals surface area contributed by atoms with E-state index in [9.17, 15) is 14.4 Å². The van der Waals surface area contributed by atoms with Crippen LogP contribution in [-0.2, 0) is 9.59 Å². The molecule has 1 aliphatic rings. The fourth-order valence-corrected chi connectivity index (χ4v) is 2.88. The number of anilines is 2. The minimum Gasteiger partial charge on any atom is -0.352 e. The lowest BCUT2D eigenvalue weighted by Gasteiger charge is -2.23. The van der Waals surface area contributed by atoms with E-state index < -0.39 is 5.91 Å². The lowest BCUT2D eigenvalue weighted by Crippen LogP contribution is -2.36. The summed E-state index contributed by atoms with van der Waals surface area (Å²) in [6, 6.07) is 14.1. The molecule has 7 heteroatoms. The summed E-state index contributed by atoms with van der Waals surface area (Å²) in [4.78, 5) is 36.9. The van der Waals surface area contributed by atoms with E-state index in [2.05, 4.69) is 15.7 Å². The summed E-state index contributed by atoms with van der Waals surface area (Å²) >= 11 is 0. The average molecular weight is 378 g/mol. The van der Waals surface area contributed by atoms with Gasteiger partial charge in [0.05, 0.1) is 5.69 Å². The Bertz CT molecular complexity index is 952. The molecule has 144 valence electrons. The van der Waals surface area contributed by atoms with Gasteiger partial charge in [0.15, 0.2) is 0 Å². The summed E-state index contributed by atoms with van der Waals surface area (Å²) < 4.78 is 0. The van der Waals surface area contributed by atoms with Crippen LogP contribution in [-0.4, -0.2) is 30.0 Å². The number of nitrogens with zero attached hydrogens (tertiary/aromatic N) is 2. The number of hydrazone groups is 1. The zero-order chi connectivity index (χ0) is 20.1. The largest absolute Gasteiger partial charge is 0.352 e. The second kappa shape index (κ2) is 8.47. The quantitative estimate of drug-likeness (QED) is 0.838. The molecule has 0 bridgehead atoms. The first-order chi connectivity index (χ1) is 13.5. The van der Waals surface area contributed by atoms with E-state index in [1.54, 1.807) is 30.3 Å². The molecule has 0 atom stereocenters. The van der Waals surface area contributed by atoms with Crippen molar-refractivity contribution in [1.82, 2.24) is 5.32 Å². The molecule has 2 aromatic carbocycles. The number of hydrogen-bond donors (Lipinski definition) is 2. The second-order valence-electron chi connectivity index (χ2n) is 6.49. The summed E-state index contributed by atoms with van der Waals surface area (Å²) in [5.74, 6) is -0.747. The molecule has 0 aliphatic carbocycles. The molecular weight excluding hydrogens is 356 g/mol. The van der Waals surface area contributed by atoms with Gasteiger partial charge in [-0.15, -0.1) is 0 Å². The van der Waals surface area contributed by atoms with Crippen molar-refractivity contribution in [2.75, 3.05) is 16.9 Å². The maximum atomic E-state index is 12.6. The Morgan fingerprint density at radius 3 is 2.61 bits per heavy atom. The molecule has 0 radical (unpaired) electrons. The second-order valence-corrected chi connectivity index (χ2v) is 6.49.